The molecule has 0 aliphatic heterocycles. The van der Waals surface area contributed by atoms with Crippen molar-refractivity contribution < 1.29 is 0 Å². The summed E-state index contributed by atoms with van der Waals surface area (Å²) in [6.07, 6.45) is 1.81. The Morgan fingerprint density at radius 1 is 1.89 bits per heavy atom. The van der Waals surface area contributed by atoms with Crippen LogP contribution in [0, 0.1) is 0 Å². The molecule has 0 saturated heterocycles. The van der Waals surface area contributed by atoms with Crippen LogP contribution in [0.3, 0.4) is 0 Å². The van der Waals surface area contributed by atoms with Gasteiger partial charge in [0.05, 0.1) is 0 Å². The van der Waals surface area contributed by atoms with Gasteiger partial charge in [0, 0.05) is 12.3 Å². The molecule has 0 fully saturated rings. The minimum absolute atomic E-state index is 0.650. The van der Waals surface area contributed by atoms with Gasteiger partial charge in [0.2, 0.25) is 0 Å². The molecule has 9 heavy (non-hydrogen) atoms. The first-order chi connectivity index (χ1) is 4.31. The summed E-state index contributed by atoms with van der Waals surface area (Å²) >= 11 is 1.51. The fourth-order valence-electron chi connectivity index (χ4n) is 0.346. The fourth-order valence-corrected chi connectivity index (χ4v) is 0.855. The van der Waals surface area contributed by atoms with Crippen molar-refractivity contribution in [1.29, 1.82) is 0 Å². The number of amidine groups is 1. The molecule has 0 saturated carbocycles. The van der Waals surface area contributed by atoms with Crippen LogP contribution in [-0.4, -0.2) is 17.5 Å². The molecule has 52 valence electrons. The summed E-state index contributed by atoms with van der Waals surface area (Å²) in [5, 5.41) is 0.650. The van der Waals surface area contributed by atoms with E-state index in [2.05, 4.69) is 11.6 Å². The number of hydrogen-bond donors (Lipinski definition) is 1. The SMILES string of the molecule is C=CCSC(N)=NCC. The van der Waals surface area contributed by atoms with Crippen LogP contribution in [0.15, 0.2) is 17.6 Å². The molecule has 0 atom stereocenters. The van der Waals surface area contributed by atoms with Gasteiger partial charge in [0.25, 0.3) is 0 Å². The predicted octanol–water partition coefficient (Wildman–Crippen LogP) is 1.24. The van der Waals surface area contributed by atoms with E-state index in [0.29, 0.717) is 5.17 Å². The first kappa shape index (κ1) is 8.56. The molecular weight excluding hydrogens is 132 g/mol. The number of nitrogens with two attached hydrogens (primary N) is 1. The first-order valence-corrected chi connectivity index (χ1v) is 3.83. The molecule has 0 aromatic rings. The van der Waals surface area contributed by atoms with Gasteiger partial charge in [-0.25, -0.2) is 0 Å². The molecule has 0 amide bonds. The van der Waals surface area contributed by atoms with Crippen molar-refractivity contribution in [3.63, 3.8) is 0 Å². The number of hydrogen-bond acceptors (Lipinski definition) is 2. The highest BCUT2D eigenvalue weighted by Crippen LogP contribution is 1.98. The molecule has 2 nitrogen and oxygen atoms in total. The molecule has 0 heterocycles. The van der Waals surface area contributed by atoms with Crippen LogP contribution < -0.4 is 5.73 Å². The minimum Gasteiger partial charge on any atom is -0.379 e. The Bertz CT molecular complexity index is 110. The maximum Gasteiger partial charge on any atom is 0.154 e. The van der Waals surface area contributed by atoms with Gasteiger partial charge in [-0.15, -0.1) is 6.58 Å². The fraction of sp³-hybridized carbons (Fsp3) is 0.500. The number of thioether (sulfide) groups is 1. The van der Waals surface area contributed by atoms with Crippen molar-refractivity contribution in [2.45, 2.75) is 6.92 Å². The smallest absolute Gasteiger partial charge is 0.154 e. The zero-order chi connectivity index (χ0) is 7.11. The van der Waals surface area contributed by atoms with Crippen LogP contribution in [0.25, 0.3) is 0 Å². The van der Waals surface area contributed by atoms with E-state index in [-0.39, 0.29) is 0 Å². The van der Waals surface area contributed by atoms with Gasteiger partial charge in [0.15, 0.2) is 5.17 Å². The Balaban J connectivity index is 3.36. The summed E-state index contributed by atoms with van der Waals surface area (Å²) in [7, 11) is 0. The van der Waals surface area contributed by atoms with E-state index in [1.807, 2.05) is 13.0 Å². The monoisotopic (exact) mass is 144 g/mol. The predicted molar refractivity (Wildman–Crippen MR) is 44.8 cm³/mol. The maximum absolute atomic E-state index is 5.44. The Hall–Kier alpha value is -0.440. The second-order valence-corrected chi connectivity index (χ2v) is 2.45. The highest BCUT2D eigenvalue weighted by molar-refractivity contribution is 8.13. The van der Waals surface area contributed by atoms with E-state index in [4.69, 9.17) is 5.73 Å². The quantitative estimate of drug-likeness (QED) is 0.367. The van der Waals surface area contributed by atoms with Crippen LogP contribution in [-0.2, 0) is 0 Å². The Labute approximate surface area is 60.2 Å². The first-order valence-electron chi connectivity index (χ1n) is 2.84. The summed E-state index contributed by atoms with van der Waals surface area (Å²) in [4.78, 5) is 3.97. The van der Waals surface area contributed by atoms with Gasteiger partial charge in [-0.3, -0.25) is 4.99 Å². The second kappa shape index (κ2) is 5.69. The van der Waals surface area contributed by atoms with Crippen LogP contribution in [0.2, 0.25) is 0 Å². The number of aliphatic imine (C=N–C) groups is 1. The van der Waals surface area contributed by atoms with Crippen LogP contribution in [0.5, 0.6) is 0 Å². The van der Waals surface area contributed by atoms with E-state index >= 15 is 0 Å². The lowest BCUT2D eigenvalue weighted by molar-refractivity contribution is 1.13. The Kier molecular flexibility index (Phi) is 5.41. The number of rotatable bonds is 3. The highest BCUT2D eigenvalue weighted by Gasteiger charge is 1.86. The summed E-state index contributed by atoms with van der Waals surface area (Å²) in [5.74, 6) is 0.843. The summed E-state index contributed by atoms with van der Waals surface area (Å²) < 4.78 is 0. The molecule has 0 aromatic heterocycles. The molecule has 3 heteroatoms. The molecule has 0 aromatic carbocycles. The standard InChI is InChI=1S/C6H12N2S/c1-3-5-9-6(7)8-4-2/h3H,1,4-5H2,2H3,(H2,7,8). The highest BCUT2D eigenvalue weighted by atomic mass is 32.2. The van der Waals surface area contributed by atoms with E-state index in [9.17, 15) is 0 Å². The molecular formula is C6H12N2S. The van der Waals surface area contributed by atoms with Crippen molar-refractivity contribution >= 4 is 16.9 Å². The average molecular weight is 144 g/mol. The maximum atomic E-state index is 5.44. The van der Waals surface area contributed by atoms with Crippen molar-refractivity contribution in [2.75, 3.05) is 12.3 Å². The molecule has 0 aliphatic carbocycles. The molecule has 0 rings (SSSR count). The molecule has 0 aliphatic rings. The normalized spacial score (nSPS) is 11.4. The average Bonchev–Trinajstić information content (AvgIpc) is 1.85. The van der Waals surface area contributed by atoms with Crippen LogP contribution >= 0.6 is 11.8 Å². The number of nitrogens with zero attached hydrogens (tertiary/aromatic N) is 1. The van der Waals surface area contributed by atoms with Gasteiger partial charge < -0.3 is 5.73 Å². The minimum atomic E-state index is 0.650. The topological polar surface area (TPSA) is 38.4 Å². The second-order valence-electron chi connectivity index (χ2n) is 1.41. The third-order valence-electron chi connectivity index (χ3n) is 0.663. The lowest BCUT2D eigenvalue weighted by atomic mass is 10.8. The third-order valence-corrected chi connectivity index (χ3v) is 1.49. The van der Waals surface area contributed by atoms with Crippen molar-refractivity contribution in [2.24, 2.45) is 10.7 Å². The zero-order valence-electron chi connectivity index (χ0n) is 5.63. The van der Waals surface area contributed by atoms with E-state index in [1.54, 1.807) is 0 Å². The Morgan fingerprint density at radius 3 is 3.00 bits per heavy atom. The third kappa shape index (κ3) is 5.43. The van der Waals surface area contributed by atoms with E-state index < -0.39 is 0 Å². The lowest BCUT2D eigenvalue weighted by Crippen LogP contribution is -2.06. The summed E-state index contributed by atoms with van der Waals surface area (Å²) in [6.45, 7) is 6.28. The Morgan fingerprint density at radius 2 is 2.56 bits per heavy atom. The zero-order valence-corrected chi connectivity index (χ0v) is 6.45. The largest absolute Gasteiger partial charge is 0.379 e. The van der Waals surface area contributed by atoms with E-state index in [1.165, 1.54) is 11.8 Å². The molecule has 2 N–H and O–H groups in total. The van der Waals surface area contributed by atoms with Crippen molar-refractivity contribution in [1.82, 2.24) is 0 Å². The molecule has 0 unspecified atom stereocenters. The van der Waals surface area contributed by atoms with Gasteiger partial charge in [-0.2, -0.15) is 0 Å². The van der Waals surface area contributed by atoms with Gasteiger partial charge in [0.1, 0.15) is 0 Å². The van der Waals surface area contributed by atoms with Crippen molar-refractivity contribution in [3.05, 3.63) is 12.7 Å². The summed E-state index contributed by atoms with van der Waals surface area (Å²) in [6, 6.07) is 0. The van der Waals surface area contributed by atoms with Gasteiger partial charge in [-0.05, 0) is 6.92 Å². The summed E-state index contributed by atoms with van der Waals surface area (Å²) in [5.41, 5.74) is 5.44. The molecule has 0 radical (unpaired) electrons. The van der Waals surface area contributed by atoms with Crippen molar-refractivity contribution in [3.8, 4) is 0 Å². The van der Waals surface area contributed by atoms with Gasteiger partial charge in [-0.1, -0.05) is 17.8 Å². The molecule has 0 spiro atoms. The molecule has 0 bridgehead atoms. The van der Waals surface area contributed by atoms with Crippen LogP contribution in [0.1, 0.15) is 6.92 Å². The lowest BCUT2D eigenvalue weighted by Gasteiger charge is -1.93. The van der Waals surface area contributed by atoms with Gasteiger partial charge >= 0.3 is 0 Å². The van der Waals surface area contributed by atoms with Crippen LogP contribution in [0.4, 0.5) is 0 Å². The van der Waals surface area contributed by atoms with E-state index in [0.717, 1.165) is 12.3 Å².